The van der Waals surface area contributed by atoms with Gasteiger partial charge in [0.1, 0.15) is 0 Å². The van der Waals surface area contributed by atoms with E-state index >= 15 is 0 Å². The molecule has 84 valence electrons. The first-order valence-electron chi connectivity index (χ1n) is 5.38. The molecule has 0 rings (SSSR count). The molecule has 0 spiro atoms. The van der Waals surface area contributed by atoms with Crippen LogP contribution in [-0.2, 0) is 0 Å². The van der Waals surface area contributed by atoms with E-state index in [2.05, 4.69) is 29.5 Å². The second-order valence-corrected chi connectivity index (χ2v) is 3.58. The van der Waals surface area contributed by atoms with Crippen LogP contribution >= 0.6 is 0 Å². The first kappa shape index (κ1) is 13.6. The Morgan fingerprint density at radius 1 is 1.29 bits per heavy atom. The summed E-state index contributed by atoms with van der Waals surface area (Å²) in [6, 6.07) is 0.240. The lowest BCUT2D eigenvalue weighted by Gasteiger charge is -2.39. The molecule has 3 heteroatoms. The molecule has 0 saturated carbocycles. The molecule has 3 nitrogen and oxygen atoms in total. The van der Waals surface area contributed by atoms with E-state index in [1.807, 2.05) is 27.2 Å². The van der Waals surface area contributed by atoms with Gasteiger partial charge in [-0.15, -0.1) is 6.58 Å². The van der Waals surface area contributed by atoms with Crippen LogP contribution in [0.15, 0.2) is 12.7 Å². The number of nitrogens with one attached hydrogen (secondary N) is 3. The van der Waals surface area contributed by atoms with Gasteiger partial charge < -0.3 is 16.0 Å². The number of hydrogen-bond acceptors (Lipinski definition) is 3. The Kier molecular flexibility index (Phi) is 6.79. The molecule has 0 bridgehead atoms. The summed E-state index contributed by atoms with van der Waals surface area (Å²) in [5, 5.41) is 9.97. The highest BCUT2D eigenvalue weighted by atomic mass is 15.2. The van der Waals surface area contributed by atoms with Crippen molar-refractivity contribution in [2.24, 2.45) is 0 Å². The van der Waals surface area contributed by atoms with Crippen molar-refractivity contribution in [2.75, 3.05) is 21.1 Å². The van der Waals surface area contributed by atoms with Gasteiger partial charge in [-0.25, -0.2) is 0 Å². The molecule has 0 heterocycles. The number of hydrogen-bond donors (Lipinski definition) is 3. The van der Waals surface area contributed by atoms with Crippen LogP contribution in [0.4, 0.5) is 0 Å². The quantitative estimate of drug-likeness (QED) is 0.404. The second-order valence-electron chi connectivity index (χ2n) is 3.58. The zero-order valence-corrected chi connectivity index (χ0v) is 9.98. The monoisotopic (exact) mass is 199 g/mol. The van der Waals surface area contributed by atoms with Gasteiger partial charge in [0.25, 0.3) is 0 Å². The number of likely N-dealkylation sites (N-methyl/N-ethyl adjacent to an activating group) is 3. The van der Waals surface area contributed by atoms with Gasteiger partial charge in [0.15, 0.2) is 0 Å². The van der Waals surface area contributed by atoms with Crippen molar-refractivity contribution in [3.05, 3.63) is 12.7 Å². The molecule has 3 N–H and O–H groups in total. The van der Waals surface area contributed by atoms with Crippen molar-refractivity contribution >= 4 is 0 Å². The third-order valence-corrected chi connectivity index (χ3v) is 2.89. The van der Waals surface area contributed by atoms with Crippen molar-refractivity contribution in [1.82, 2.24) is 16.0 Å². The van der Waals surface area contributed by atoms with E-state index in [0.29, 0.717) is 0 Å². The van der Waals surface area contributed by atoms with Crippen LogP contribution in [0.2, 0.25) is 0 Å². The topological polar surface area (TPSA) is 36.1 Å². The predicted molar refractivity (Wildman–Crippen MR) is 63.4 cm³/mol. The molecule has 0 aromatic rings. The molecular formula is C11H25N3. The molecule has 0 aliphatic rings. The Morgan fingerprint density at radius 3 is 2.14 bits per heavy atom. The van der Waals surface area contributed by atoms with Gasteiger partial charge in [-0.1, -0.05) is 25.8 Å². The minimum Gasteiger partial charge on any atom is -0.311 e. The largest absolute Gasteiger partial charge is 0.311 e. The third-order valence-electron chi connectivity index (χ3n) is 2.89. The molecule has 0 saturated heterocycles. The van der Waals surface area contributed by atoms with Gasteiger partial charge in [0.05, 0.1) is 11.7 Å². The lowest BCUT2D eigenvalue weighted by molar-refractivity contribution is 0.221. The van der Waals surface area contributed by atoms with E-state index in [1.54, 1.807) is 0 Å². The third kappa shape index (κ3) is 3.08. The summed E-state index contributed by atoms with van der Waals surface area (Å²) in [5.74, 6) is 0. The van der Waals surface area contributed by atoms with Crippen molar-refractivity contribution < 1.29 is 0 Å². The molecule has 0 aliphatic heterocycles. The maximum atomic E-state index is 3.86. The van der Waals surface area contributed by atoms with Crippen molar-refractivity contribution in [3.63, 3.8) is 0 Å². The molecule has 0 aromatic carbocycles. The van der Waals surface area contributed by atoms with Crippen LogP contribution in [0.3, 0.4) is 0 Å². The molecule has 1 atom stereocenters. The Balaban J connectivity index is 4.55. The standard InChI is InChI=1S/C11H25N3/c1-6-8-9-11(13-4,14-5)10(7-2)12-3/h7,10,12-14H,2,6,8-9H2,1,3-5H3. The molecule has 1 unspecified atom stereocenters. The van der Waals surface area contributed by atoms with Crippen LogP contribution in [-0.4, -0.2) is 32.8 Å². The minimum absolute atomic E-state index is 0.0769. The average Bonchev–Trinajstić information content (AvgIpc) is 2.24. The summed E-state index contributed by atoms with van der Waals surface area (Å²) < 4.78 is 0. The predicted octanol–water partition coefficient (Wildman–Crippen LogP) is 1.09. The number of rotatable bonds is 8. The van der Waals surface area contributed by atoms with Crippen molar-refractivity contribution in [1.29, 1.82) is 0 Å². The molecular weight excluding hydrogens is 174 g/mol. The minimum atomic E-state index is -0.0769. The summed E-state index contributed by atoms with van der Waals surface area (Å²) in [5.41, 5.74) is -0.0769. The van der Waals surface area contributed by atoms with E-state index in [1.165, 1.54) is 12.8 Å². The van der Waals surface area contributed by atoms with Crippen molar-refractivity contribution in [3.8, 4) is 0 Å². The van der Waals surface area contributed by atoms with Gasteiger partial charge in [0.2, 0.25) is 0 Å². The van der Waals surface area contributed by atoms with Crippen LogP contribution in [0.1, 0.15) is 26.2 Å². The maximum Gasteiger partial charge on any atom is 0.0876 e. The fraction of sp³-hybridized carbons (Fsp3) is 0.818. The lowest BCUT2D eigenvalue weighted by Crippen LogP contribution is -2.65. The van der Waals surface area contributed by atoms with Crippen molar-refractivity contribution in [2.45, 2.75) is 37.9 Å². The maximum absolute atomic E-state index is 3.86. The van der Waals surface area contributed by atoms with Gasteiger partial charge in [-0.3, -0.25) is 0 Å². The lowest BCUT2D eigenvalue weighted by atomic mass is 9.94. The highest BCUT2D eigenvalue weighted by Crippen LogP contribution is 2.15. The highest BCUT2D eigenvalue weighted by Gasteiger charge is 2.32. The molecule has 14 heavy (non-hydrogen) atoms. The first-order valence-corrected chi connectivity index (χ1v) is 5.38. The Labute approximate surface area is 88.3 Å². The Hall–Kier alpha value is -0.380. The Morgan fingerprint density at radius 2 is 1.86 bits per heavy atom. The zero-order valence-electron chi connectivity index (χ0n) is 9.98. The number of unbranched alkanes of at least 4 members (excludes halogenated alkanes) is 1. The summed E-state index contributed by atoms with van der Waals surface area (Å²) in [4.78, 5) is 0. The fourth-order valence-electron chi connectivity index (χ4n) is 1.86. The summed E-state index contributed by atoms with van der Waals surface area (Å²) in [6.07, 6.45) is 5.45. The van der Waals surface area contributed by atoms with Gasteiger partial charge >= 0.3 is 0 Å². The summed E-state index contributed by atoms with van der Waals surface area (Å²) in [7, 11) is 5.93. The van der Waals surface area contributed by atoms with E-state index in [-0.39, 0.29) is 11.7 Å². The van der Waals surface area contributed by atoms with E-state index < -0.39 is 0 Å². The molecule has 0 aromatic heterocycles. The second kappa shape index (κ2) is 6.98. The summed E-state index contributed by atoms with van der Waals surface area (Å²) >= 11 is 0. The van der Waals surface area contributed by atoms with Crippen LogP contribution < -0.4 is 16.0 Å². The smallest absolute Gasteiger partial charge is 0.0876 e. The first-order chi connectivity index (χ1) is 6.70. The van der Waals surface area contributed by atoms with E-state index in [0.717, 1.165) is 6.42 Å². The molecule has 0 radical (unpaired) electrons. The van der Waals surface area contributed by atoms with Crippen LogP contribution in [0, 0.1) is 0 Å². The highest BCUT2D eigenvalue weighted by molar-refractivity contribution is 5.03. The summed E-state index contributed by atoms with van der Waals surface area (Å²) in [6.45, 7) is 6.07. The normalized spacial score (nSPS) is 14.0. The zero-order chi connectivity index (χ0) is 11.0. The van der Waals surface area contributed by atoms with E-state index in [4.69, 9.17) is 0 Å². The Bertz CT molecular complexity index is 153. The van der Waals surface area contributed by atoms with Gasteiger partial charge in [-0.2, -0.15) is 0 Å². The van der Waals surface area contributed by atoms with Crippen LogP contribution in [0.5, 0.6) is 0 Å². The molecule has 0 fully saturated rings. The van der Waals surface area contributed by atoms with Crippen LogP contribution in [0.25, 0.3) is 0 Å². The SMILES string of the molecule is C=CC(NC)C(CCCC)(NC)NC. The van der Waals surface area contributed by atoms with E-state index in [9.17, 15) is 0 Å². The van der Waals surface area contributed by atoms with Gasteiger partial charge in [-0.05, 0) is 27.6 Å². The fourth-order valence-corrected chi connectivity index (χ4v) is 1.86. The average molecular weight is 199 g/mol. The molecule has 0 amide bonds. The van der Waals surface area contributed by atoms with Gasteiger partial charge in [0, 0.05) is 0 Å². The molecule has 0 aliphatic carbocycles.